The highest BCUT2D eigenvalue weighted by Gasteiger charge is 2.19. The van der Waals surface area contributed by atoms with E-state index in [1.165, 1.54) is 31.9 Å². The Balaban J connectivity index is 2.22. The summed E-state index contributed by atoms with van der Waals surface area (Å²) in [7, 11) is 0. The zero-order valence-electron chi connectivity index (χ0n) is 9.27. The molecule has 1 aliphatic carbocycles. The van der Waals surface area contributed by atoms with E-state index in [-0.39, 0.29) is 0 Å². The van der Waals surface area contributed by atoms with Crippen molar-refractivity contribution < 1.29 is 9.90 Å². The molecule has 0 aromatic carbocycles. The summed E-state index contributed by atoms with van der Waals surface area (Å²) in [5.41, 5.74) is 1.22. The van der Waals surface area contributed by atoms with Crippen molar-refractivity contribution in [3.8, 4) is 0 Å². The van der Waals surface area contributed by atoms with E-state index in [4.69, 9.17) is 5.11 Å². The molecule has 1 aromatic heterocycles. The molecule has 3 nitrogen and oxygen atoms in total. The lowest BCUT2D eigenvalue weighted by molar-refractivity contribution is 0.0692. The zero-order chi connectivity index (χ0) is 11.5. The Labute approximate surface area is 99.3 Å². The highest BCUT2D eigenvalue weighted by Crippen LogP contribution is 2.36. The van der Waals surface area contributed by atoms with E-state index >= 15 is 0 Å². The Morgan fingerprint density at radius 1 is 1.50 bits per heavy atom. The lowest BCUT2D eigenvalue weighted by Crippen LogP contribution is -2.03. The maximum atomic E-state index is 11.1. The second kappa shape index (κ2) is 4.87. The second-order valence-corrected chi connectivity index (χ2v) is 5.49. The van der Waals surface area contributed by atoms with Crippen LogP contribution in [0.2, 0.25) is 0 Å². The highest BCUT2D eigenvalue weighted by atomic mass is 32.2. The molecule has 0 radical (unpaired) electrons. The van der Waals surface area contributed by atoms with Crippen molar-refractivity contribution in [3.63, 3.8) is 0 Å². The summed E-state index contributed by atoms with van der Waals surface area (Å²) in [5.74, 6) is -0.881. The van der Waals surface area contributed by atoms with Gasteiger partial charge in [0.25, 0.3) is 0 Å². The Hall–Kier alpha value is -1.03. The molecule has 1 N–H and O–H groups in total. The highest BCUT2D eigenvalue weighted by molar-refractivity contribution is 8.00. The molecule has 2 rings (SSSR count). The molecule has 86 valence electrons. The van der Waals surface area contributed by atoms with Crippen LogP contribution in [0.25, 0.3) is 0 Å². The number of carboxylic acid groups (broad SMARTS) is 1. The fraction of sp³-hybridized carbons (Fsp3) is 0.500. The summed E-state index contributed by atoms with van der Waals surface area (Å²) in [6, 6.07) is 1.88. The number of aromatic nitrogens is 1. The first-order valence-electron chi connectivity index (χ1n) is 5.53. The first kappa shape index (κ1) is 11.5. The molecule has 1 saturated carbocycles. The third-order valence-corrected chi connectivity index (χ3v) is 4.23. The van der Waals surface area contributed by atoms with E-state index in [1.54, 1.807) is 11.8 Å². The molecule has 0 unspecified atom stereocenters. The first-order valence-corrected chi connectivity index (χ1v) is 6.41. The van der Waals surface area contributed by atoms with Gasteiger partial charge in [-0.2, -0.15) is 0 Å². The Bertz CT molecular complexity index is 400. The van der Waals surface area contributed by atoms with Crippen LogP contribution in [-0.2, 0) is 0 Å². The molecule has 1 fully saturated rings. The third kappa shape index (κ3) is 2.55. The summed E-state index contributed by atoms with van der Waals surface area (Å²) in [6.45, 7) is 1.89. The van der Waals surface area contributed by atoms with Crippen LogP contribution in [-0.4, -0.2) is 21.3 Å². The van der Waals surface area contributed by atoms with Gasteiger partial charge >= 0.3 is 5.97 Å². The summed E-state index contributed by atoms with van der Waals surface area (Å²) in [5, 5.41) is 9.66. The maximum absolute atomic E-state index is 11.1. The van der Waals surface area contributed by atoms with Crippen LogP contribution >= 0.6 is 11.8 Å². The number of thioether (sulfide) groups is 1. The van der Waals surface area contributed by atoms with Gasteiger partial charge < -0.3 is 5.11 Å². The number of hydrogen-bond acceptors (Lipinski definition) is 3. The summed E-state index contributed by atoms with van der Waals surface area (Å²) in [4.78, 5) is 16.0. The average molecular weight is 237 g/mol. The summed E-state index contributed by atoms with van der Waals surface area (Å²) in [6.07, 6.45) is 6.40. The molecule has 0 bridgehead atoms. The van der Waals surface area contributed by atoms with Crippen LogP contribution in [0.4, 0.5) is 0 Å². The van der Waals surface area contributed by atoms with Crippen molar-refractivity contribution in [1.82, 2.24) is 4.98 Å². The summed E-state index contributed by atoms with van der Waals surface area (Å²) < 4.78 is 0. The van der Waals surface area contributed by atoms with Gasteiger partial charge in [-0.25, -0.2) is 4.79 Å². The molecular weight excluding hydrogens is 222 g/mol. The van der Waals surface area contributed by atoms with Gasteiger partial charge in [0.2, 0.25) is 0 Å². The number of carbonyl (C=O) groups is 1. The van der Waals surface area contributed by atoms with Crippen LogP contribution in [0.5, 0.6) is 0 Å². The molecule has 1 aromatic rings. The monoisotopic (exact) mass is 237 g/mol. The standard InChI is InChI=1S/C12H15NO2S/c1-8-6-11(10(7-13-8)12(14)15)16-9-4-2-3-5-9/h6-7,9H,2-5H2,1H3,(H,14,15). The van der Waals surface area contributed by atoms with Crippen molar-refractivity contribution in [2.45, 2.75) is 42.8 Å². The summed E-state index contributed by atoms with van der Waals surface area (Å²) >= 11 is 1.70. The van der Waals surface area contributed by atoms with Crippen LogP contribution in [0.3, 0.4) is 0 Å². The van der Waals surface area contributed by atoms with Gasteiger partial charge in [-0.05, 0) is 25.8 Å². The molecule has 0 spiro atoms. The molecule has 0 saturated heterocycles. The first-order chi connectivity index (χ1) is 7.66. The number of nitrogens with zero attached hydrogens (tertiary/aromatic N) is 1. The number of rotatable bonds is 3. The minimum atomic E-state index is -0.881. The van der Waals surface area contributed by atoms with Gasteiger partial charge in [0.1, 0.15) is 0 Å². The largest absolute Gasteiger partial charge is 0.478 e. The van der Waals surface area contributed by atoms with Gasteiger partial charge in [0.05, 0.1) is 5.56 Å². The van der Waals surface area contributed by atoms with E-state index in [9.17, 15) is 4.79 Å². The number of aromatic carboxylic acids is 1. The van der Waals surface area contributed by atoms with Gasteiger partial charge in [0, 0.05) is 22.0 Å². The van der Waals surface area contributed by atoms with Crippen LogP contribution in [0.15, 0.2) is 17.2 Å². The third-order valence-electron chi connectivity index (χ3n) is 2.83. The lowest BCUT2D eigenvalue weighted by Gasteiger charge is -2.11. The Morgan fingerprint density at radius 2 is 2.19 bits per heavy atom. The normalized spacial score (nSPS) is 16.6. The fourth-order valence-corrected chi connectivity index (χ4v) is 3.41. The smallest absolute Gasteiger partial charge is 0.338 e. The molecule has 4 heteroatoms. The van der Waals surface area contributed by atoms with Crippen LogP contribution in [0, 0.1) is 6.92 Å². The van der Waals surface area contributed by atoms with E-state index in [2.05, 4.69) is 4.98 Å². The minimum Gasteiger partial charge on any atom is -0.478 e. The van der Waals surface area contributed by atoms with E-state index in [0.717, 1.165) is 10.6 Å². The van der Waals surface area contributed by atoms with E-state index in [0.29, 0.717) is 10.8 Å². The fourth-order valence-electron chi connectivity index (χ4n) is 1.98. The number of carboxylic acids is 1. The topological polar surface area (TPSA) is 50.2 Å². The molecular formula is C12H15NO2S. The van der Waals surface area contributed by atoms with Crippen molar-refractivity contribution in [1.29, 1.82) is 0 Å². The van der Waals surface area contributed by atoms with Gasteiger partial charge in [0.15, 0.2) is 0 Å². The Kier molecular flexibility index (Phi) is 3.49. The minimum absolute atomic E-state index is 0.336. The second-order valence-electron chi connectivity index (χ2n) is 4.15. The maximum Gasteiger partial charge on any atom is 0.338 e. The van der Waals surface area contributed by atoms with Gasteiger partial charge in [-0.3, -0.25) is 4.98 Å². The molecule has 0 atom stereocenters. The zero-order valence-corrected chi connectivity index (χ0v) is 10.1. The van der Waals surface area contributed by atoms with Crippen molar-refractivity contribution >= 4 is 17.7 Å². The Morgan fingerprint density at radius 3 is 2.81 bits per heavy atom. The molecule has 1 aliphatic rings. The van der Waals surface area contributed by atoms with Crippen molar-refractivity contribution in [3.05, 3.63) is 23.5 Å². The van der Waals surface area contributed by atoms with E-state index in [1.807, 2.05) is 13.0 Å². The predicted octanol–water partition coefficient (Wildman–Crippen LogP) is 3.12. The SMILES string of the molecule is Cc1cc(SC2CCCC2)c(C(=O)O)cn1. The van der Waals surface area contributed by atoms with Gasteiger partial charge in [-0.15, -0.1) is 11.8 Å². The molecule has 1 heterocycles. The molecule has 0 amide bonds. The van der Waals surface area contributed by atoms with E-state index < -0.39 is 5.97 Å². The van der Waals surface area contributed by atoms with Gasteiger partial charge in [-0.1, -0.05) is 12.8 Å². The van der Waals surface area contributed by atoms with Crippen molar-refractivity contribution in [2.75, 3.05) is 0 Å². The van der Waals surface area contributed by atoms with Crippen LogP contribution in [0.1, 0.15) is 41.7 Å². The number of pyridine rings is 1. The van der Waals surface area contributed by atoms with Crippen molar-refractivity contribution in [2.24, 2.45) is 0 Å². The predicted molar refractivity (Wildman–Crippen MR) is 64.0 cm³/mol. The quantitative estimate of drug-likeness (QED) is 0.877. The molecule has 0 aliphatic heterocycles. The lowest BCUT2D eigenvalue weighted by atomic mass is 10.2. The number of aryl methyl sites for hydroxylation is 1. The average Bonchev–Trinajstić information content (AvgIpc) is 2.70. The molecule has 16 heavy (non-hydrogen) atoms. The van der Waals surface area contributed by atoms with Crippen LogP contribution < -0.4 is 0 Å². The number of hydrogen-bond donors (Lipinski definition) is 1.